The van der Waals surface area contributed by atoms with Gasteiger partial charge in [0.05, 0.1) is 29.9 Å². The van der Waals surface area contributed by atoms with Gasteiger partial charge in [0.2, 0.25) is 0 Å². The van der Waals surface area contributed by atoms with Gasteiger partial charge in [-0.15, -0.1) is 0 Å². The summed E-state index contributed by atoms with van der Waals surface area (Å²) in [4.78, 5) is 6.73. The van der Waals surface area contributed by atoms with Crippen LogP contribution in [0.5, 0.6) is 0 Å². The van der Waals surface area contributed by atoms with E-state index in [0.29, 0.717) is 23.9 Å². The van der Waals surface area contributed by atoms with Crippen LogP contribution in [0.3, 0.4) is 0 Å². The fraction of sp³-hybridized carbons (Fsp3) is 0.438. The molecule has 0 bridgehead atoms. The zero-order valence-electron chi connectivity index (χ0n) is 12.6. The second-order valence-corrected chi connectivity index (χ2v) is 6.93. The van der Waals surface area contributed by atoms with Gasteiger partial charge in [-0.25, -0.2) is 4.98 Å². The van der Waals surface area contributed by atoms with Crippen molar-refractivity contribution in [2.45, 2.75) is 6.10 Å². The zero-order chi connectivity index (χ0) is 16.2. The minimum absolute atomic E-state index is 0.448. The van der Waals surface area contributed by atoms with Gasteiger partial charge in [0.25, 0.3) is 0 Å². The Hall–Kier alpha value is -0.920. The highest BCUT2D eigenvalue weighted by molar-refractivity contribution is 9.10. The lowest BCUT2D eigenvalue weighted by atomic mass is 10.2. The Morgan fingerprint density at radius 3 is 2.91 bits per heavy atom. The molecule has 0 radical (unpaired) electrons. The van der Waals surface area contributed by atoms with Gasteiger partial charge in [-0.1, -0.05) is 27.5 Å². The lowest BCUT2D eigenvalue weighted by Crippen LogP contribution is -2.42. The molecule has 3 rings (SSSR count). The minimum atomic E-state index is -0.453. The molecule has 1 aromatic carbocycles. The van der Waals surface area contributed by atoms with Gasteiger partial charge in [-0.3, -0.25) is 4.90 Å². The van der Waals surface area contributed by atoms with Gasteiger partial charge >= 0.3 is 0 Å². The Bertz CT molecular complexity index is 680. The van der Waals surface area contributed by atoms with Crippen molar-refractivity contribution in [2.75, 3.05) is 44.7 Å². The second-order valence-electron chi connectivity index (χ2n) is 5.60. The number of aromatic nitrogens is 1. The molecule has 1 atom stereocenters. The van der Waals surface area contributed by atoms with Crippen molar-refractivity contribution in [3.05, 3.63) is 33.8 Å². The number of aliphatic hydroxyl groups is 1. The van der Waals surface area contributed by atoms with E-state index in [1.807, 2.05) is 24.3 Å². The molecular formula is C16H19BrClN3O2. The molecule has 23 heavy (non-hydrogen) atoms. The van der Waals surface area contributed by atoms with Gasteiger partial charge in [0, 0.05) is 36.0 Å². The molecule has 2 N–H and O–H groups in total. The van der Waals surface area contributed by atoms with Gasteiger partial charge in [-0.05, 0) is 24.3 Å². The maximum absolute atomic E-state index is 10.2. The Morgan fingerprint density at radius 1 is 1.35 bits per heavy atom. The van der Waals surface area contributed by atoms with Crippen LogP contribution >= 0.6 is 27.5 Å². The van der Waals surface area contributed by atoms with Crippen molar-refractivity contribution in [1.29, 1.82) is 0 Å². The maximum Gasteiger partial charge on any atom is 0.126 e. The van der Waals surface area contributed by atoms with E-state index < -0.39 is 6.10 Å². The van der Waals surface area contributed by atoms with Gasteiger partial charge in [-0.2, -0.15) is 0 Å². The van der Waals surface area contributed by atoms with E-state index in [1.165, 1.54) is 0 Å². The van der Waals surface area contributed by atoms with Gasteiger partial charge in [0.1, 0.15) is 5.82 Å². The number of pyridine rings is 1. The number of rotatable bonds is 5. The number of ether oxygens (including phenoxy) is 1. The van der Waals surface area contributed by atoms with Gasteiger partial charge in [0.15, 0.2) is 0 Å². The monoisotopic (exact) mass is 399 g/mol. The third-order valence-corrected chi connectivity index (χ3v) is 4.55. The standard InChI is InChI=1S/C16H19BrClN3O2/c17-12-7-11-1-2-15(20-16(11)14(18)8-12)19-9-13(22)10-21-3-5-23-6-4-21/h1-2,7-8,13,22H,3-6,9-10H2,(H,19,20). The molecule has 1 aliphatic rings. The van der Waals surface area contributed by atoms with Crippen LogP contribution < -0.4 is 5.32 Å². The quantitative estimate of drug-likeness (QED) is 0.808. The fourth-order valence-electron chi connectivity index (χ4n) is 2.62. The number of morpholine rings is 1. The predicted octanol–water partition coefficient (Wildman–Crippen LogP) is 2.76. The molecule has 1 fully saturated rings. The number of nitrogens with one attached hydrogen (secondary N) is 1. The third kappa shape index (κ3) is 4.55. The van der Waals surface area contributed by atoms with Crippen molar-refractivity contribution in [3.63, 3.8) is 0 Å². The highest BCUT2D eigenvalue weighted by Gasteiger charge is 2.15. The molecule has 0 aliphatic carbocycles. The topological polar surface area (TPSA) is 57.6 Å². The maximum atomic E-state index is 10.2. The Balaban J connectivity index is 1.60. The molecule has 7 heteroatoms. The Morgan fingerprint density at radius 2 is 2.13 bits per heavy atom. The number of nitrogens with zero attached hydrogens (tertiary/aromatic N) is 2. The lowest BCUT2D eigenvalue weighted by Gasteiger charge is -2.28. The number of β-amino-alcohol motifs (C(OH)–C–C–N with tert-alkyl or cyclic N) is 1. The summed E-state index contributed by atoms with van der Waals surface area (Å²) in [6.45, 7) is 4.30. The molecule has 2 heterocycles. The molecule has 0 saturated carbocycles. The van der Waals surface area contributed by atoms with E-state index in [4.69, 9.17) is 16.3 Å². The molecule has 0 amide bonds. The van der Waals surface area contributed by atoms with Crippen molar-refractivity contribution < 1.29 is 9.84 Å². The SMILES string of the molecule is OC(CNc1ccc2cc(Br)cc(Cl)c2n1)CN1CCOCC1. The van der Waals surface area contributed by atoms with Crippen molar-refractivity contribution in [3.8, 4) is 0 Å². The number of anilines is 1. The Kier molecular flexibility index (Phi) is 5.71. The van der Waals surface area contributed by atoms with Crippen LogP contribution in [0, 0.1) is 0 Å². The molecule has 1 saturated heterocycles. The molecule has 124 valence electrons. The van der Waals surface area contributed by atoms with Crippen LogP contribution in [0.2, 0.25) is 5.02 Å². The number of aliphatic hydroxyl groups excluding tert-OH is 1. The number of hydrogen-bond donors (Lipinski definition) is 2. The first-order valence-electron chi connectivity index (χ1n) is 7.59. The summed E-state index contributed by atoms with van der Waals surface area (Å²) in [5.41, 5.74) is 0.752. The summed E-state index contributed by atoms with van der Waals surface area (Å²) in [5.74, 6) is 0.711. The number of fused-ring (bicyclic) bond motifs is 1. The molecule has 5 nitrogen and oxygen atoms in total. The minimum Gasteiger partial charge on any atom is -0.390 e. The molecule has 1 aromatic heterocycles. The number of benzene rings is 1. The first kappa shape index (κ1) is 16.9. The lowest BCUT2D eigenvalue weighted by molar-refractivity contribution is 0.0171. The van der Waals surface area contributed by atoms with E-state index in [9.17, 15) is 5.11 Å². The molecule has 0 spiro atoms. The zero-order valence-corrected chi connectivity index (χ0v) is 15.0. The van der Waals surface area contributed by atoms with E-state index in [-0.39, 0.29) is 0 Å². The highest BCUT2D eigenvalue weighted by Crippen LogP contribution is 2.27. The van der Waals surface area contributed by atoms with Gasteiger partial charge < -0.3 is 15.2 Å². The predicted molar refractivity (Wildman–Crippen MR) is 96.2 cm³/mol. The summed E-state index contributed by atoms with van der Waals surface area (Å²) in [6.07, 6.45) is -0.453. The number of hydrogen-bond acceptors (Lipinski definition) is 5. The second kappa shape index (κ2) is 7.77. The average Bonchev–Trinajstić information content (AvgIpc) is 2.54. The van der Waals surface area contributed by atoms with E-state index >= 15 is 0 Å². The highest BCUT2D eigenvalue weighted by atomic mass is 79.9. The van der Waals surface area contributed by atoms with E-state index in [0.717, 1.165) is 41.7 Å². The molecular weight excluding hydrogens is 382 g/mol. The van der Waals surface area contributed by atoms with Crippen LogP contribution in [-0.4, -0.2) is 60.5 Å². The van der Waals surface area contributed by atoms with Crippen molar-refractivity contribution in [2.24, 2.45) is 0 Å². The van der Waals surface area contributed by atoms with Crippen molar-refractivity contribution in [1.82, 2.24) is 9.88 Å². The largest absolute Gasteiger partial charge is 0.390 e. The summed E-state index contributed by atoms with van der Waals surface area (Å²) < 4.78 is 6.24. The smallest absolute Gasteiger partial charge is 0.126 e. The average molecular weight is 401 g/mol. The summed E-state index contributed by atoms with van der Waals surface area (Å²) in [5, 5.41) is 14.9. The van der Waals surface area contributed by atoms with Crippen LogP contribution in [0.1, 0.15) is 0 Å². The Labute approximate surface area is 148 Å². The van der Waals surface area contributed by atoms with E-state index in [2.05, 4.69) is 31.1 Å². The molecule has 1 aliphatic heterocycles. The van der Waals surface area contributed by atoms with Crippen LogP contribution in [0.25, 0.3) is 10.9 Å². The summed E-state index contributed by atoms with van der Waals surface area (Å²) in [7, 11) is 0. The first-order chi connectivity index (χ1) is 11.1. The van der Waals surface area contributed by atoms with Crippen LogP contribution in [0.15, 0.2) is 28.7 Å². The van der Waals surface area contributed by atoms with Crippen LogP contribution in [-0.2, 0) is 4.74 Å². The first-order valence-corrected chi connectivity index (χ1v) is 8.77. The number of halogens is 2. The van der Waals surface area contributed by atoms with E-state index in [1.54, 1.807) is 0 Å². The summed E-state index contributed by atoms with van der Waals surface area (Å²) in [6, 6.07) is 7.67. The third-order valence-electron chi connectivity index (χ3n) is 3.80. The fourth-order valence-corrected chi connectivity index (χ4v) is 3.50. The van der Waals surface area contributed by atoms with Crippen molar-refractivity contribution >= 4 is 44.3 Å². The normalized spacial score (nSPS) is 17.3. The molecule has 1 unspecified atom stereocenters. The van der Waals surface area contributed by atoms with Crippen LogP contribution in [0.4, 0.5) is 5.82 Å². The summed E-state index contributed by atoms with van der Waals surface area (Å²) >= 11 is 9.66. The molecule has 2 aromatic rings.